The van der Waals surface area contributed by atoms with E-state index in [1.807, 2.05) is 59.9 Å². The molecule has 0 aliphatic carbocycles. The van der Waals surface area contributed by atoms with Gasteiger partial charge in [0, 0.05) is 24.8 Å². The fourth-order valence-electron chi connectivity index (χ4n) is 2.36. The summed E-state index contributed by atoms with van der Waals surface area (Å²) in [6.07, 6.45) is 3.60. The quantitative estimate of drug-likeness (QED) is 0.775. The highest BCUT2D eigenvalue weighted by atomic mass is 16.2. The van der Waals surface area contributed by atoms with Crippen molar-refractivity contribution >= 4 is 11.4 Å². The van der Waals surface area contributed by atoms with E-state index in [2.05, 4.69) is 10.4 Å². The van der Waals surface area contributed by atoms with Crippen molar-refractivity contribution in [1.82, 2.24) is 24.4 Å². The first kappa shape index (κ1) is 14.3. The van der Waals surface area contributed by atoms with Crippen LogP contribution in [0.5, 0.6) is 0 Å². The lowest BCUT2D eigenvalue weighted by molar-refractivity contribution is 0.0943. The van der Waals surface area contributed by atoms with Crippen molar-refractivity contribution in [3.63, 3.8) is 0 Å². The summed E-state index contributed by atoms with van der Waals surface area (Å²) in [5, 5.41) is 7.21. The number of hydrogen-bond donors (Lipinski definition) is 1. The van der Waals surface area contributed by atoms with E-state index in [0.29, 0.717) is 12.2 Å². The van der Waals surface area contributed by atoms with E-state index in [1.54, 1.807) is 16.9 Å². The Labute approximate surface area is 129 Å². The zero-order valence-corrected chi connectivity index (χ0v) is 12.7. The highest BCUT2D eigenvalue weighted by molar-refractivity contribution is 5.93. The number of nitrogens with zero attached hydrogens (tertiary/aromatic N) is 4. The van der Waals surface area contributed by atoms with Crippen molar-refractivity contribution in [2.24, 2.45) is 0 Å². The van der Waals surface area contributed by atoms with Crippen LogP contribution in [-0.2, 0) is 0 Å². The largest absolute Gasteiger partial charge is 0.349 e. The maximum absolute atomic E-state index is 12.3. The fraction of sp³-hybridized carbons (Fsp3) is 0.250. The Morgan fingerprint density at radius 1 is 1.23 bits per heavy atom. The SMILES string of the molecule is CN(C)CCNC(=O)c1ccnn1-c1ccc2ccccn12. The van der Waals surface area contributed by atoms with Crippen LogP contribution in [0.25, 0.3) is 11.3 Å². The molecule has 0 aromatic carbocycles. The van der Waals surface area contributed by atoms with Crippen LogP contribution in [0.1, 0.15) is 10.5 Å². The predicted molar refractivity (Wildman–Crippen MR) is 85.4 cm³/mol. The van der Waals surface area contributed by atoms with Crippen LogP contribution < -0.4 is 5.32 Å². The van der Waals surface area contributed by atoms with Crippen molar-refractivity contribution in [1.29, 1.82) is 0 Å². The Bertz CT molecular complexity index is 787. The second-order valence-corrected chi connectivity index (χ2v) is 5.37. The molecule has 3 rings (SSSR count). The Morgan fingerprint density at radius 2 is 2.09 bits per heavy atom. The van der Waals surface area contributed by atoms with E-state index in [0.717, 1.165) is 17.9 Å². The van der Waals surface area contributed by atoms with Gasteiger partial charge in [-0.15, -0.1) is 0 Å². The van der Waals surface area contributed by atoms with Gasteiger partial charge in [-0.05, 0) is 44.4 Å². The molecule has 0 aliphatic rings. The molecule has 114 valence electrons. The van der Waals surface area contributed by atoms with Crippen LogP contribution in [0, 0.1) is 0 Å². The summed E-state index contributed by atoms with van der Waals surface area (Å²) in [7, 11) is 3.95. The maximum atomic E-state index is 12.3. The Balaban J connectivity index is 1.87. The first-order valence-electron chi connectivity index (χ1n) is 7.20. The van der Waals surface area contributed by atoms with Gasteiger partial charge in [0.25, 0.3) is 5.91 Å². The summed E-state index contributed by atoms with van der Waals surface area (Å²) in [5.41, 5.74) is 1.59. The number of aromatic nitrogens is 3. The minimum atomic E-state index is -0.120. The molecule has 3 aromatic heterocycles. The van der Waals surface area contributed by atoms with Gasteiger partial charge >= 0.3 is 0 Å². The number of carbonyl (C=O) groups excluding carboxylic acids is 1. The van der Waals surface area contributed by atoms with Crippen LogP contribution in [0.2, 0.25) is 0 Å². The molecule has 0 fully saturated rings. The van der Waals surface area contributed by atoms with Crippen LogP contribution in [0.4, 0.5) is 0 Å². The van der Waals surface area contributed by atoms with Crippen LogP contribution >= 0.6 is 0 Å². The third-order valence-electron chi connectivity index (χ3n) is 3.48. The molecule has 1 amide bonds. The topological polar surface area (TPSA) is 54.6 Å². The Kier molecular flexibility index (Phi) is 3.93. The van der Waals surface area contributed by atoms with Crippen molar-refractivity contribution in [3.05, 3.63) is 54.5 Å². The Hall–Kier alpha value is -2.60. The molecule has 0 radical (unpaired) electrons. The van der Waals surface area contributed by atoms with Crippen molar-refractivity contribution in [2.75, 3.05) is 27.2 Å². The zero-order valence-electron chi connectivity index (χ0n) is 12.7. The molecule has 3 heterocycles. The highest BCUT2D eigenvalue weighted by Crippen LogP contribution is 2.15. The number of nitrogens with one attached hydrogen (secondary N) is 1. The first-order valence-corrected chi connectivity index (χ1v) is 7.20. The molecule has 0 spiro atoms. The van der Waals surface area contributed by atoms with Gasteiger partial charge in [-0.1, -0.05) is 6.07 Å². The molecule has 0 bridgehead atoms. The third kappa shape index (κ3) is 2.73. The number of hydrogen-bond acceptors (Lipinski definition) is 3. The summed E-state index contributed by atoms with van der Waals surface area (Å²) in [6, 6.07) is 11.6. The van der Waals surface area contributed by atoms with Gasteiger partial charge in [0.2, 0.25) is 0 Å². The highest BCUT2D eigenvalue weighted by Gasteiger charge is 2.15. The van der Waals surface area contributed by atoms with Crippen molar-refractivity contribution in [3.8, 4) is 5.82 Å². The number of pyridine rings is 1. The lowest BCUT2D eigenvalue weighted by Gasteiger charge is -2.11. The third-order valence-corrected chi connectivity index (χ3v) is 3.48. The summed E-state index contributed by atoms with van der Waals surface area (Å²) < 4.78 is 3.67. The number of likely N-dealkylation sites (N-methyl/N-ethyl adjacent to an activating group) is 1. The van der Waals surface area contributed by atoms with Crippen LogP contribution in [-0.4, -0.2) is 52.2 Å². The number of amides is 1. The van der Waals surface area contributed by atoms with Gasteiger partial charge in [-0.3, -0.25) is 4.79 Å². The molecule has 1 N–H and O–H groups in total. The fourth-order valence-corrected chi connectivity index (χ4v) is 2.36. The predicted octanol–water partition coefficient (Wildman–Crippen LogP) is 1.42. The molecule has 6 heteroatoms. The number of fused-ring (bicyclic) bond motifs is 1. The summed E-state index contributed by atoms with van der Waals surface area (Å²) in [5.74, 6) is 0.726. The van der Waals surface area contributed by atoms with Gasteiger partial charge in [0.1, 0.15) is 11.5 Å². The summed E-state index contributed by atoms with van der Waals surface area (Å²) in [6.45, 7) is 1.40. The molecule has 0 unspecified atom stereocenters. The van der Waals surface area contributed by atoms with Gasteiger partial charge in [0.05, 0.1) is 6.20 Å². The van der Waals surface area contributed by atoms with E-state index in [9.17, 15) is 4.79 Å². The average Bonchev–Trinajstić information content (AvgIpc) is 3.12. The molecular formula is C16H19N5O. The number of rotatable bonds is 5. The summed E-state index contributed by atoms with van der Waals surface area (Å²) in [4.78, 5) is 14.4. The van der Waals surface area contributed by atoms with Gasteiger partial charge in [-0.25, -0.2) is 4.68 Å². The van der Waals surface area contributed by atoms with E-state index in [4.69, 9.17) is 0 Å². The molecule has 0 saturated carbocycles. The van der Waals surface area contributed by atoms with E-state index in [-0.39, 0.29) is 5.91 Å². The second-order valence-electron chi connectivity index (χ2n) is 5.37. The van der Waals surface area contributed by atoms with E-state index < -0.39 is 0 Å². The minimum absolute atomic E-state index is 0.120. The Morgan fingerprint density at radius 3 is 2.91 bits per heavy atom. The molecular weight excluding hydrogens is 278 g/mol. The molecule has 3 aromatic rings. The summed E-state index contributed by atoms with van der Waals surface area (Å²) >= 11 is 0. The van der Waals surface area contributed by atoms with Gasteiger partial charge in [-0.2, -0.15) is 5.10 Å². The molecule has 6 nitrogen and oxygen atoms in total. The average molecular weight is 297 g/mol. The lowest BCUT2D eigenvalue weighted by Crippen LogP contribution is -2.32. The standard InChI is InChI=1S/C16H19N5O/c1-19(2)12-10-17-16(22)14-8-9-18-21(14)15-7-6-13-5-3-4-11-20(13)15/h3-9,11H,10,12H2,1-2H3,(H,17,22). The second kappa shape index (κ2) is 6.03. The van der Waals surface area contributed by atoms with Gasteiger partial charge < -0.3 is 14.6 Å². The minimum Gasteiger partial charge on any atom is -0.349 e. The van der Waals surface area contributed by atoms with Crippen LogP contribution in [0.3, 0.4) is 0 Å². The van der Waals surface area contributed by atoms with Crippen molar-refractivity contribution < 1.29 is 4.79 Å². The van der Waals surface area contributed by atoms with E-state index in [1.165, 1.54) is 0 Å². The number of carbonyl (C=O) groups is 1. The molecule has 0 atom stereocenters. The van der Waals surface area contributed by atoms with Crippen LogP contribution in [0.15, 0.2) is 48.8 Å². The lowest BCUT2D eigenvalue weighted by atomic mass is 10.4. The van der Waals surface area contributed by atoms with Gasteiger partial charge in [0.15, 0.2) is 0 Å². The monoisotopic (exact) mass is 297 g/mol. The maximum Gasteiger partial charge on any atom is 0.270 e. The smallest absolute Gasteiger partial charge is 0.270 e. The normalized spacial score (nSPS) is 11.2. The van der Waals surface area contributed by atoms with E-state index >= 15 is 0 Å². The molecule has 22 heavy (non-hydrogen) atoms. The molecule has 0 saturated heterocycles. The van der Waals surface area contributed by atoms with Crippen molar-refractivity contribution in [2.45, 2.75) is 0 Å². The molecule has 0 aliphatic heterocycles. The zero-order chi connectivity index (χ0) is 15.5. The first-order chi connectivity index (χ1) is 10.7.